The summed E-state index contributed by atoms with van der Waals surface area (Å²) in [5.74, 6) is 0.534. The zero-order valence-electron chi connectivity index (χ0n) is 15.5. The molecule has 0 unspecified atom stereocenters. The van der Waals surface area contributed by atoms with Gasteiger partial charge >= 0.3 is 0 Å². The number of carbonyl (C=O) groups is 1. The van der Waals surface area contributed by atoms with Crippen LogP contribution in [-0.4, -0.2) is 15.9 Å². The van der Waals surface area contributed by atoms with Crippen LogP contribution in [0.15, 0.2) is 91.1 Å². The van der Waals surface area contributed by atoms with Crippen LogP contribution >= 0.6 is 0 Å². The van der Waals surface area contributed by atoms with Crippen molar-refractivity contribution >= 4 is 11.6 Å². The van der Waals surface area contributed by atoms with E-state index in [2.05, 4.69) is 15.3 Å². The summed E-state index contributed by atoms with van der Waals surface area (Å²) in [6.45, 7) is 1.93. The highest BCUT2D eigenvalue weighted by Crippen LogP contribution is 2.25. The van der Waals surface area contributed by atoms with E-state index in [0.717, 1.165) is 28.1 Å². The summed E-state index contributed by atoms with van der Waals surface area (Å²) in [6, 6.07) is 26.9. The third-order valence-electron chi connectivity index (χ3n) is 4.45. The first-order valence-electron chi connectivity index (χ1n) is 9.06. The van der Waals surface area contributed by atoms with E-state index in [1.165, 1.54) is 0 Å². The Hall–Kier alpha value is -3.79. The van der Waals surface area contributed by atoms with Crippen LogP contribution < -0.4 is 5.32 Å². The molecule has 4 aromatic rings. The topological polar surface area (TPSA) is 54.9 Å². The number of aromatic nitrogens is 2. The maximum Gasteiger partial charge on any atom is 0.256 e. The standard InChI is InChI=1S/C24H19N3O/c1-17-15-16-25-23(26-17)19-11-13-20(14-12-19)27-24(28)22-10-6-5-9-21(22)18-7-3-2-4-8-18/h2-16H,1H3,(H,27,28). The summed E-state index contributed by atoms with van der Waals surface area (Å²) in [5.41, 5.74) is 5.11. The second-order valence-electron chi connectivity index (χ2n) is 6.46. The van der Waals surface area contributed by atoms with E-state index >= 15 is 0 Å². The van der Waals surface area contributed by atoms with Gasteiger partial charge in [-0.3, -0.25) is 4.79 Å². The van der Waals surface area contributed by atoms with E-state index in [9.17, 15) is 4.79 Å². The molecule has 136 valence electrons. The zero-order valence-corrected chi connectivity index (χ0v) is 15.5. The van der Waals surface area contributed by atoms with Gasteiger partial charge in [-0.1, -0.05) is 48.5 Å². The molecule has 0 aliphatic rings. The average molecular weight is 365 g/mol. The largest absolute Gasteiger partial charge is 0.322 e. The number of benzene rings is 3. The van der Waals surface area contributed by atoms with Crippen molar-refractivity contribution in [2.45, 2.75) is 6.92 Å². The zero-order chi connectivity index (χ0) is 19.3. The Morgan fingerprint density at radius 1 is 0.786 bits per heavy atom. The minimum absolute atomic E-state index is 0.140. The van der Waals surface area contributed by atoms with E-state index < -0.39 is 0 Å². The highest BCUT2D eigenvalue weighted by Gasteiger charge is 2.12. The molecule has 1 heterocycles. The third kappa shape index (κ3) is 3.81. The number of carbonyl (C=O) groups excluding carboxylic acids is 1. The van der Waals surface area contributed by atoms with Crippen LogP contribution in [0, 0.1) is 6.92 Å². The number of nitrogens with one attached hydrogen (secondary N) is 1. The second kappa shape index (κ2) is 7.84. The fraction of sp³-hybridized carbons (Fsp3) is 0.0417. The Labute approximate surface area is 163 Å². The minimum Gasteiger partial charge on any atom is -0.322 e. The number of nitrogens with zero attached hydrogens (tertiary/aromatic N) is 2. The minimum atomic E-state index is -0.140. The van der Waals surface area contributed by atoms with Gasteiger partial charge in [0.2, 0.25) is 0 Å². The molecule has 1 N–H and O–H groups in total. The molecule has 1 aromatic heterocycles. The van der Waals surface area contributed by atoms with Crippen LogP contribution in [0.4, 0.5) is 5.69 Å². The summed E-state index contributed by atoms with van der Waals surface area (Å²) >= 11 is 0. The molecular weight excluding hydrogens is 346 g/mol. The Balaban J connectivity index is 1.57. The molecule has 28 heavy (non-hydrogen) atoms. The molecule has 0 saturated carbocycles. The number of hydrogen-bond donors (Lipinski definition) is 1. The lowest BCUT2D eigenvalue weighted by molar-refractivity contribution is 0.102. The highest BCUT2D eigenvalue weighted by molar-refractivity contribution is 6.08. The second-order valence-corrected chi connectivity index (χ2v) is 6.46. The van der Waals surface area contributed by atoms with Crippen molar-refractivity contribution in [2.24, 2.45) is 0 Å². The van der Waals surface area contributed by atoms with E-state index in [1.807, 2.05) is 91.9 Å². The SMILES string of the molecule is Cc1ccnc(-c2ccc(NC(=O)c3ccccc3-c3ccccc3)cc2)n1. The summed E-state index contributed by atoms with van der Waals surface area (Å²) in [4.78, 5) is 21.6. The molecule has 0 saturated heterocycles. The van der Waals surface area contributed by atoms with Crippen LogP contribution in [0.3, 0.4) is 0 Å². The van der Waals surface area contributed by atoms with E-state index in [1.54, 1.807) is 6.20 Å². The number of anilines is 1. The molecule has 4 nitrogen and oxygen atoms in total. The molecule has 0 fully saturated rings. The van der Waals surface area contributed by atoms with Crippen LogP contribution in [0.25, 0.3) is 22.5 Å². The van der Waals surface area contributed by atoms with Gasteiger partial charge in [0.1, 0.15) is 0 Å². The van der Waals surface area contributed by atoms with Gasteiger partial charge in [-0.05, 0) is 54.4 Å². The van der Waals surface area contributed by atoms with Gasteiger partial charge in [0.25, 0.3) is 5.91 Å². The van der Waals surface area contributed by atoms with Gasteiger partial charge in [0, 0.05) is 28.7 Å². The predicted octanol–water partition coefficient (Wildman–Crippen LogP) is 5.37. The Morgan fingerprint density at radius 2 is 1.50 bits per heavy atom. The first-order valence-corrected chi connectivity index (χ1v) is 9.06. The lowest BCUT2D eigenvalue weighted by Gasteiger charge is -2.11. The quantitative estimate of drug-likeness (QED) is 0.529. The fourth-order valence-corrected chi connectivity index (χ4v) is 3.04. The van der Waals surface area contributed by atoms with Crippen molar-refractivity contribution < 1.29 is 4.79 Å². The first kappa shape index (κ1) is 17.6. The van der Waals surface area contributed by atoms with Crippen LogP contribution in [0.1, 0.15) is 16.1 Å². The van der Waals surface area contributed by atoms with E-state index in [0.29, 0.717) is 11.4 Å². The molecular formula is C24H19N3O. The van der Waals surface area contributed by atoms with Gasteiger partial charge in [0.15, 0.2) is 5.82 Å². The van der Waals surface area contributed by atoms with Gasteiger partial charge in [-0.25, -0.2) is 9.97 Å². The Bertz CT molecular complexity index is 1110. The number of rotatable bonds is 4. The molecule has 0 spiro atoms. The van der Waals surface area contributed by atoms with Crippen molar-refractivity contribution in [3.63, 3.8) is 0 Å². The van der Waals surface area contributed by atoms with Crippen molar-refractivity contribution in [1.82, 2.24) is 9.97 Å². The monoisotopic (exact) mass is 365 g/mol. The smallest absolute Gasteiger partial charge is 0.256 e. The summed E-state index contributed by atoms with van der Waals surface area (Å²) in [7, 11) is 0. The van der Waals surface area contributed by atoms with E-state index in [-0.39, 0.29) is 5.91 Å². The average Bonchev–Trinajstić information content (AvgIpc) is 2.75. The lowest BCUT2D eigenvalue weighted by atomic mass is 9.99. The normalized spacial score (nSPS) is 10.5. The first-order chi connectivity index (χ1) is 13.7. The maximum absolute atomic E-state index is 12.9. The predicted molar refractivity (Wildman–Crippen MR) is 112 cm³/mol. The molecule has 1 amide bonds. The van der Waals surface area contributed by atoms with Crippen molar-refractivity contribution in [3.05, 3.63) is 102 Å². The molecule has 4 heteroatoms. The van der Waals surface area contributed by atoms with Gasteiger partial charge in [0.05, 0.1) is 0 Å². The van der Waals surface area contributed by atoms with Crippen LogP contribution in [0.5, 0.6) is 0 Å². The molecule has 3 aromatic carbocycles. The number of aryl methyl sites for hydroxylation is 1. The molecule has 0 aliphatic heterocycles. The number of amides is 1. The number of hydrogen-bond acceptors (Lipinski definition) is 3. The highest BCUT2D eigenvalue weighted by atomic mass is 16.1. The Morgan fingerprint density at radius 3 is 2.25 bits per heavy atom. The van der Waals surface area contributed by atoms with Crippen LogP contribution in [-0.2, 0) is 0 Å². The van der Waals surface area contributed by atoms with Crippen molar-refractivity contribution in [1.29, 1.82) is 0 Å². The molecule has 0 aliphatic carbocycles. The summed E-state index contributed by atoms with van der Waals surface area (Å²) < 4.78 is 0. The molecule has 0 atom stereocenters. The van der Waals surface area contributed by atoms with Crippen molar-refractivity contribution in [2.75, 3.05) is 5.32 Å². The van der Waals surface area contributed by atoms with Gasteiger partial charge < -0.3 is 5.32 Å². The van der Waals surface area contributed by atoms with E-state index in [4.69, 9.17) is 0 Å². The fourth-order valence-electron chi connectivity index (χ4n) is 3.04. The molecule has 0 bridgehead atoms. The van der Waals surface area contributed by atoms with Gasteiger partial charge in [-0.2, -0.15) is 0 Å². The summed E-state index contributed by atoms with van der Waals surface area (Å²) in [6.07, 6.45) is 1.74. The molecule has 4 rings (SSSR count). The Kier molecular flexibility index (Phi) is 4.93. The molecule has 0 radical (unpaired) electrons. The van der Waals surface area contributed by atoms with Crippen LogP contribution in [0.2, 0.25) is 0 Å². The van der Waals surface area contributed by atoms with Crippen molar-refractivity contribution in [3.8, 4) is 22.5 Å². The maximum atomic E-state index is 12.9. The van der Waals surface area contributed by atoms with Gasteiger partial charge in [-0.15, -0.1) is 0 Å². The third-order valence-corrected chi connectivity index (χ3v) is 4.45. The summed E-state index contributed by atoms with van der Waals surface area (Å²) in [5, 5.41) is 2.98. The lowest BCUT2D eigenvalue weighted by Crippen LogP contribution is -2.13.